The highest BCUT2D eigenvalue weighted by molar-refractivity contribution is 6.32. The van der Waals surface area contributed by atoms with Gasteiger partial charge in [-0.3, -0.25) is 28.8 Å². The molecule has 3 aromatic heterocycles. The lowest BCUT2D eigenvalue weighted by Gasteiger charge is -2.69. The standard InChI is InChI=1S/C27H29ClF2N2O5.C27H34ClF2NO7.C27H26ClNO4.C25H23ClFN3O5/c1-25(29,30)37-17-10-15(11-17)23-31-32-24(36-23)27-7-4-26(5-8-27,6-9-27)14-20(34)22-13-19(33)18-12-16(28)2-3-21(18)35-22;1-25(29,30)38-17-9-16(10-17)36-14-24(35)31-27-6-4-26(5-7-27,13-23(27)34)12-20(33)22-11-19(32)18-8-15(28)2-3-21(18)37-22;1-15-3-5-17(6-4-15)24-16(2)29-25(33-24)27-12-26(13-27,14-27)11-21(31)23-10-20(30)19-9-18(28)7-8-22(19)32-23;1-13-2-5-19-15(6-13)18(31)8-20(34-19)22-29-30-23(35-22)24-10-25(11-24,12-24)28-21(32)9-33-14-3-4-16(26)17(27)7-14/h2-3,12,15,17,22H,4-11,13-14H2,1H3;2-3,8,16-17,19,22-23,32,34H,4-7,9-14H2,1H3,(H,31,35);3-9,20,23,30H,10-14H2,1-2H3;2-7,18,20,31H,8-12H2,1H3,(H,28,32)/t;16?,17?,19-,22-,23-,26?,27?;20-,23+,26?,27?;18-,20-,24?,25?/m.011/s1. The second-order valence-corrected chi connectivity index (χ2v) is 44.9. The average Bonchev–Trinajstić information content (AvgIpc) is 1.65. The zero-order valence-corrected chi connectivity index (χ0v) is 82.5. The molecule has 2 amide bonds. The number of hydrogen-bond donors (Lipinski definition) is 6. The molecule has 14 saturated carbocycles. The number of carbonyl (C=O) groups is 6. The van der Waals surface area contributed by atoms with E-state index in [4.69, 9.17) is 97.8 Å². The largest absolute Gasteiger partial charge is 0.484 e. The molecule has 8 atom stereocenters. The van der Waals surface area contributed by atoms with Crippen molar-refractivity contribution >= 4 is 81.4 Å². The monoisotopic (exact) mass is 2050 g/mol. The molecule has 6 N–H and O–H groups in total. The first-order valence-electron chi connectivity index (χ1n) is 49.0. The SMILES string of the molecule is CC(F)(F)OC1CC(OCC(=O)NC23CCC(CC(=O)[C@@H]4C[C@H](O)c5cc(Cl)ccc5O4)(CC2)C[C@@H]3O)C1.CC(F)(F)OC1CC(c2nnc(C34CCC(CC(=O)C5CC(=O)c6cc(Cl)ccc6O5)(CC3)CC4)o2)C1.Cc1ccc(-c2oc(C34CC(CC(=O)[C@@H]5C[C@@H](O)c6cc(Cl)ccc6O5)(C3)C4)nc2C)cc1.Cc1ccc2c(c1)[C@H](O)C[C@H](c1nnc(C34CC(NC(=O)COc5ccc(Cl)c(F)c5)(C3)C4)o1)O2. The molecule has 27 rings (SSSR count). The summed E-state index contributed by atoms with van der Waals surface area (Å²) in [7, 11) is 0. The Labute approximate surface area is 840 Å². The van der Waals surface area contributed by atoms with Gasteiger partial charge in [-0.25, -0.2) is 9.37 Å². The summed E-state index contributed by atoms with van der Waals surface area (Å²) in [5.74, 6) is 4.45. The summed E-state index contributed by atoms with van der Waals surface area (Å²) >= 11 is 23.7. The summed E-state index contributed by atoms with van der Waals surface area (Å²) in [4.78, 5) is 81.9. The maximum Gasteiger partial charge on any atom is 0.353 e. The number of oxazole rings is 1. The Hall–Kier alpha value is -10.0. The molecule has 0 radical (unpaired) electrons. The van der Waals surface area contributed by atoms with E-state index in [1.807, 2.05) is 32.0 Å². The molecule has 9 aromatic rings. The van der Waals surface area contributed by atoms with Crippen LogP contribution < -0.4 is 34.3 Å². The van der Waals surface area contributed by atoms with Crippen LogP contribution in [0.25, 0.3) is 11.3 Å². The molecular formula is C106H112Cl4F5N7O21. The lowest BCUT2D eigenvalue weighted by molar-refractivity contribution is -0.275. The van der Waals surface area contributed by atoms with Crippen LogP contribution in [0.2, 0.25) is 20.1 Å². The molecule has 1 unspecified atom stereocenters. The fourth-order valence-electron chi connectivity index (χ4n) is 24.7. The van der Waals surface area contributed by atoms with Gasteiger partial charge < -0.3 is 82.2 Å². The van der Waals surface area contributed by atoms with Crippen molar-refractivity contribution in [3.05, 3.63) is 210 Å². The minimum atomic E-state index is -3.19. The van der Waals surface area contributed by atoms with Crippen molar-refractivity contribution in [2.75, 3.05) is 13.2 Å². The van der Waals surface area contributed by atoms with Crippen molar-refractivity contribution in [3.63, 3.8) is 0 Å². The summed E-state index contributed by atoms with van der Waals surface area (Å²) in [6, 6.07) is 33.0. The summed E-state index contributed by atoms with van der Waals surface area (Å²) in [5.41, 5.74) is 4.62. The van der Waals surface area contributed by atoms with E-state index in [1.54, 1.807) is 54.6 Å². The smallest absolute Gasteiger partial charge is 0.353 e. The number of aliphatic hydroxyl groups excluding tert-OH is 4. The van der Waals surface area contributed by atoms with E-state index in [0.29, 0.717) is 182 Å². The lowest BCUT2D eigenvalue weighted by atomic mass is 9.34. The molecule has 28 nitrogen and oxygen atoms in total. The molecule has 18 aliphatic rings. The van der Waals surface area contributed by atoms with Crippen LogP contribution in [-0.2, 0) is 54.4 Å². The Balaban J connectivity index is 0.000000117. The fraction of sp³-hybridized carbons (Fsp3) is 0.538. The first-order valence-corrected chi connectivity index (χ1v) is 50.5. The van der Waals surface area contributed by atoms with Crippen molar-refractivity contribution in [2.45, 2.75) is 327 Å². The van der Waals surface area contributed by atoms with Crippen LogP contribution in [0.4, 0.5) is 22.0 Å². The number of alkyl halides is 4. The number of amides is 2. The molecule has 7 heterocycles. The van der Waals surface area contributed by atoms with E-state index in [-0.39, 0.29) is 135 Å². The average molecular weight is 2060 g/mol. The van der Waals surface area contributed by atoms with Gasteiger partial charge in [0.25, 0.3) is 11.8 Å². The number of aromatic nitrogens is 5. The molecule has 0 saturated heterocycles. The Morgan fingerprint density at radius 3 is 1.59 bits per heavy atom. The molecule has 8 bridgehead atoms. The van der Waals surface area contributed by atoms with Gasteiger partial charge in [-0.15, -0.1) is 20.4 Å². The van der Waals surface area contributed by atoms with Gasteiger partial charge in [0.05, 0.1) is 76.4 Å². The van der Waals surface area contributed by atoms with Gasteiger partial charge in [0.1, 0.15) is 41.2 Å². The highest BCUT2D eigenvalue weighted by Gasteiger charge is 2.73. The number of carbonyl (C=O) groups excluding carboxylic acids is 6. The number of Topliss-reactive ketones (excluding diaryl/α,β-unsaturated/α-hetero) is 4. The maximum atomic E-state index is 13.5. The first-order chi connectivity index (χ1) is 67.9. The third-order valence-electron chi connectivity index (χ3n) is 32.3. The van der Waals surface area contributed by atoms with E-state index >= 15 is 0 Å². The second-order valence-electron chi connectivity index (χ2n) is 43.2. The molecule has 37 heteroatoms. The fourth-order valence-corrected chi connectivity index (χ4v) is 25.3. The zero-order chi connectivity index (χ0) is 101. The maximum absolute atomic E-state index is 13.5. The highest BCUT2D eigenvalue weighted by Crippen LogP contribution is 2.75. The summed E-state index contributed by atoms with van der Waals surface area (Å²) in [5, 5.41) is 67.2. The number of ketones is 4. The van der Waals surface area contributed by atoms with Gasteiger partial charge >= 0.3 is 12.2 Å². The van der Waals surface area contributed by atoms with Crippen LogP contribution >= 0.6 is 46.4 Å². The molecule has 760 valence electrons. The third-order valence-corrected chi connectivity index (χ3v) is 33.3. The number of ether oxygens (including phenoxy) is 8. The van der Waals surface area contributed by atoms with Gasteiger partial charge in [-0.1, -0.05) is 87.9 Å². The van der Waals surface area contributed by atoms with Crippen LogP contribution in [0.3, 0.4) is 0 Å². The number of rotatable bonds is 27. The number of fused-ring (bicyclic) bond motifs is 10. The normalized spacial score (nSPS) is 31.8. The Bertz CT molecular complexity index is 6340. The minimum absolute atomic E-state index is 0.00345. The third kappa shape index (κ3) is 20.7. The molecule has 0 spiro atoms. The van der Waals surface area contributed by atoms with Crippen LogP contribution in [-0.4, -0.2) is 160 Å². The van der Waals surface area contributed by atoms with Crippen LogP contribution in [0.5, 0.6) is 28.7 Å². The topological polar surface area (TPSA) is 385 Å². The van der Waals surface area contributed by atoms with Gasteiger partial charge in [0.2, 0.25) is 29.5 Å². The Morgan fingerprint density at radius 1 is 0.483 bits per heavy atom. The number of aryl methyl sites for hydroxylation is 3. The van der Waals surface area contributed by atoms with Gasteiger partial charge in [0, 0.05) is 131 Å². The summed E-state index contributed by atoms with van der Waals surface area (Å²) in [6.07, 6.45) is 2.80. The molecule has 14 aliphatic carbocycles. The predicted molar refractivity (Wildman–Crippen MR) is 506 cm³/mol. The van der Waals surface area contributed by atoms with Crippen molar-refractivity contribution in [2.24, 2.45) is 16.2 Å². The van der Waals surface area contributed by atoms with Crippen LogP contribution in [0.1, 0.15) is 297 Å². The number of aliphatic hydroxyl groups is 4. The number of nitrogens with one attached hydrogen (secondary N) is 2. The predicted octanol–water partition coefficient (Wildman–Crippen LogP) is 20.0. The lowest BCUT2D eigenvalue weighted by Crippen LogP contribution is -2.77. The van der Waals surface area contributed by atoms with E-state index in [1.165, 1.54) is 17.7 Å². The number of benzene rings is 6. The Morgan fingerprint density at radius 2 is 0.986 bits per heavy atom. The first kappa shape index (κ1) is 100. The Kier molecular flexibility index (Phi) is 26.9. The summed E-state index contributed by atoms with van der Waals surface area (Å²) in [6.45, 7) is 7.04. The minimum Gasteiger partial charge on any atom is -0.484 e. The molecule has 143 heavy (non-hydrogen) atoms. The number of hydrogen-bond acceptors (Lipinski definition) is 26. The van der Waals surface area contributed by atoms with Gasteiger partial charge in [-0.2, -0.15) is 17.6 Å². The van der Waals surface area contributed by atoms with Crippen molar-refractivity contribution in [1.29, 1.82) is 0 Å². The van der Waals surface area contributed by atoms with E-state index in [0.717, 1.165) is 105 Å². The quantitative estimate of drug-likeness (QED) is 0.0260. The molecule has 4 aliphatic heterocycles. The van der Waals surface area contributed by atoms with E-state index in [2.05, 4.69) is 67.0 Å². The van der Waals surface area contributed by atoms with Crippen molar-refractivity contribution < 1.29 is 122 Å². The van der Waals surface area contributed by atoms with Crippen LogP contribution in [0.15, 0.2) is 129 Å². The highest BCUT2D eigenvalue weighted by atomic mass is 35.5. The van der Waals surface area contributed by atoms with E-state index in [9.17, 15) is 71.1 Å². The van der Waals surface area contributed by atoms with Crippen LogP contribution in [0, 0.1) is 42.8 Å². The molecule has 6 aromatic carbocycles. The molecule has 14 fully saturated rings. The van der Waals surface area contributed by atoms with Gasteiger partial charge in [-0.05, 0) is 238 Å². The number of halogens is 9. The van der Waals surface area contributed by atoms with E-state index < -0.39 is 84.6 Å². The zero-order valence-electron chi connectivity index (χ0n) is 79.5. The van der Waals surface area contributed by atoms with Gasteiger partial charge in [0.15, 0.2) is 59.9 Å². The summed E-state index contributed by atoms with van der Waals surface area (Å²) < 4.78 is 128. The van der Waals surface area contributed by atoms with Crippen molar-refractivity contribution in [3.8, 4) is 40.1 Å². The molecular weight excluding hydrogens is 1940 g/mol. The second kappa shape index (κ2) is 38.3. The number of nitrogens with zero attached hydrogens (tertiary/aromatic N) is 5. The van der Waals surface area contributed by atoms with Crippen molar-refractivity contribution in [1.82, 2.24) is 36.0 Å².